The van der Waals surface area contributed by atoms with Crippen LogP contribution in [-0.4, -0.2) is 11.4 Å². The van der Waals surface area contributed by atoms with Gasteiger partial charge in [-0.25, -0.2) is 0 Å². The Kier molecular flexibility index (Phi) is 5.04. The summed E-state index contributed by atoms with van der Waals surface area (Å²) in [5.41, 5.74) is 8.39. The molecule has 3 nitrogen and oxygen atoms in total. The molecule has 2 unspecified atom stereocenters. The van der Waals surface area contributed by atoms with Gasteiger partial charge in [-0.1, -0.05) is 51.0 Å². The Morgan fingerprint density at radius 2 is 2.00 bits per heavy atom. The third-order valence-electron chi connectivity index (χ3n) is 4.68. The molecule has 1 saturated carbocycles. The Morgan fingerprint density at radius 1 is 1.33 bits per heavy atom. The molecule has 3 heteroatoms. The normalized spacial score (nSPS) is 25.9. The molecule has 1 aromatic carbocycles. The minimum Gasteiger partial charge on any atom is -0.352 e. The Morgan fingerprint density at radius 3 is 2.57 bits per heavy atom. The van der Waals surface area contributed by atoms with Crippen LogP contribution in [0.2, 0.25) is 0 Å². The number of hydrogen-bond donors (Lipinski definition) is 2. The van der Waals surface area contributed by atoms with E-state index in [4.69, 9.17) is 5.73 Å². The quantitative estimate of drug-likeness (QED) is 0.893. The average Bonchev–Trinajstić information content (AvgIpc) is 2.44. The number of nitrogens with one attached hydrogen (secondary N) is 1. The van der Waals surface area contributed by atoms with Gasteiger partial charge in [0.15, 0.2) is 0 Å². The molecule has 0 spiro atoms. The second-order valence-corrected chi connectivity index (χ2v) is 6.92. The summed E-state index contributed by atoms with van der Waals surface area (Å²) >= 11 is 0. The van der Waals surface area contributed by atoms with Gasteiger partial charge < -0.3 is 11.1 Å². The summed E-state index contributed by atoms with van der Waals surface area (Å²) in [4.78, 5) is 12.4. The molecule has 0 saturated heterocycles. The molecular formula is C18H28N2O. The lowest BCUT2D eigenvalue weighted by Crippen LogP contribution is -2.52. The van der Waals surface area contributed by atoms with E-state index in [1.54, 1.807) is 0 Å². The van der Waals surface area contributed by atoms with Crippen LogP contribution in [0.15, 0.2) is 24.3 Å². The molecule has 2 atom stereocenters. The molecule has 0 radical (unpaired) electrons. The minimum absolute atomic E-state index is 0.0545. The third-order valence-corrected chi connectivity index (χ3v) is 4.68. The molecule has 1 aliphatic carbocycles. The van der Waals surface area contributed by atoms with E-state index in [1.807, 2.05) is 6.92 Å². The topological polar surface area (TPSA) is 55.1 Å². The zero-order valence-electron chi connectivity index (χ0n) is 13.5. The van der Waals surface area contributed by atoms with Crippen molar-refractivity contribution in [3.8, 4) is 0 Å². The molecule has 116 valence electrons. The van der Waals surface area contributed by atoms with Crippen molar-refractivity contribution < 1.29 is 4.79 Å². The van der Waals surface area contributed by atoms with Gasteiger partial charge in [-0.15, -0.1) is 0 Å². The van der Waals surface area contributed by atoms with Gasteiger partial charge in [-0.3, -0.25) is 4.79 Å². The highest BCUT2D eigenvalue weighted by atomic mass is 16.1. The summed E-state index contributed by atoms with van der Waals surface area (Å²) in [6.45, 7) is 6.96. The van der Waals surface area contributed by atoms with Crippen LogP contribution in [0.25, 0.3) is 0 Å². The van der Waals surface area contributed by atoms with E-state index in [9.17, 15) is 4.79 Å². The molecule has 1 fully saturated rings. The Bertz CT molecular complexity index is 476. The number of rotatable bonds is 4. The lowest BCUT2D eigenvalue weighted by molar-refractivity contribution is -0.128. The van der Waals surface area contributed by atoms with E-state index in [0.717, 1.165) is 31.2 Å². The van der Waals surface area contributed by atoms with Gasteiger partial charge >= 0.3 is 0 Å². The van der Waals surface area contributed by atoms with Gasteiger partial charge in [0, 0.05) is 12.1 Å². The maximum atomic E-state index is 12.4. The minimum atomic E-state index is -0.357. The van der Waals surface area contributed by atoms with Gasteiger partial charge in [0.2, 0.25) is 5.91 Å². The fourth-order valence-electron chi connectivity index (χ4n) is 3.12. The van der Waals surface area contributed by atoms with Crippen LogP contribution in [0, 0.1) is 5.92 Å². The summed E-state index contributed by atoms with van der Waals surface area (Å²) < 4.78 is 0. The maximum Gasteiger partial charge on any atom is 0.225 e. The molecule has 3 N–H and O–H groups in total. The predicted molar refractivity (Wildman–Crippen MR) is 86.9 cm³/mol. The molecule has 2 rings (SSSR count). The molecule has 0 bridgehead atoms. The second kappa shape index (κ2) is 6.61. The van der Waals surface area contributed by atoms with Crippen molar-refractivity contribution in [3.05, 3.63) is 35.4 Å². The Hall–Kier alpha value is -1.35. The number of benzene rings is 1. The molecular weight excluding hydrogens is 260 g/mol. The molecule has 1 aromatic rings. The van der Waals surface area contributed by atoms with E-state index in [-0.39, 0.29) is 17.4 Å². The molecule has 1 amide bonds. The molecule has 1 aliphatic rings. The highest BCUT2D eigenvalue weighted by Gasteiger charge is 2.37. The fourth-order valence-corrected chi connectivity index (χ4v) is 3.12. The Labute approximate surface area is 128 Å². The first-order chi connectivity index (χ1) is 9.90. The van der Waals surface area contributed by atoms with E-state index >= 15 is 0 Å². The zero-order valence-corrected chi connectivity index (χ0v) is 13.5. The number of carbonyl (C=O) groups excluding carboxylic acids is 1. The number of carbonyl (C=O) groups is 1. The summed E-state index contributed by atoms with van der Waals surface area (Å²) in [6.07, 6.45) is 4.08. The fraction of sp³-hybridized carbons (Fsp3) is 0.611. The van der Waals surface area contributed by atoms with Crippen LogP contribution in [0.5, 0.6) is 0 Å². The number of nitrogens with two attached hydrogens (primary N) is 1. The predicted octanol–water partition coefficient (Wildman–Crippen LogP) is 3.33. The highest BCUT2D eigenvalue weighted by molar-refractivity contribution is 5.80. The SMILES string of the molecule is CC(C)c1ccc(CNC(=O)C2CCCCC2(C)N)cc1. The van der Waals surface area contributed by atoms with Gasteiger partial charge in [0.25, 0.3) is 0 Å². The number of hydrogen-bond acceptors (Lipinski definition) is 2. The Balaban J connectivity index is 1.91. The molecule has 0 aromatic heterocycles. The van der Waals surface area contributed by atoms with Crippen LogP contribution in [0.1, 0.15) is 63.5 Å². The van der Waals surface area contributed by atoms with Crippen molar-refractivity contribution in [1.82, 2.24) is 5.32 Å². The summed E-state index contributed by atoms with van der Waals surface area (Å²) in [6, 6.07) is 8.47. The standard InChI is InChI=1S/C18H28N2O/c1-13(2)15-9-7-14(8-10-15)12-20-17(21)16-6-4-5-11-18(16,3)19/h7-10,13,16H,4-6,11-12,19H2,1-3H3,(H,20,21). The highest BCUT2D eigenvalue weighted by Crippen LogP contribution is 2.31. The first kappa shape index (κ1) is 16.0. The smallest absolute Gasteiger partial charge is 0.225 e. The molecule has 21 heavy (non-hydrogen) atoms. The van der Waals surface area contributed by atoms with Gasteiger partial charge in [0.1, 0.15) is 0 Å². The van der Waals surface area contributed by atoms with Gasteiger partial charge in [-0.2, -0.15) is 0 Å². The first-order valence-electron chi connectivity index (χ1n) is 8.05. The van der Waals surface area contributed by atoms with Crippen molar-refractivity contribution in [1.29, 1.82) is 0 Å². The first-order valence-corrected chi connectivity index (χ1v) is 8.05. The largest absolute Gasteiger partial charge is 0.352 e. The van der Waals surface area contributed by atoms with E-state index in [2.05, 4.69) is 43.4 Å². The summed E-state index contributed by atoms with van der Waals surface area (Å²) in [5.74, 6) is 0.586. The average molecular weight is 288 g/mol. The molecule has 0 aliphatic heterocycles. The van der Waals surface area contributed by atoms with E-state index < -0.39 is 0 Å². The lowest BCUT2D eigenvalue weighted by atomic mass is 9.74. The van der Waals surface area contributed by atoms with E-state index in [1.165, 1.54) is 5.56 Å². The van der Waals surface area contributed by atoms with Crippen LogP contribution >= 0.6 is 0 Å². The second-order valence-electron chi connectivity index (χ2n) is 6.92. The van der Waals surface area contributed by atoms with Crippen LogP contribution < -0.4 is 11.1 Å². The lowest BCUT2D eigenvalue weighted by Gasteiger charge is -2.37. The van der Waals surface area contributed by atoms with Crippen LogP contribution in [0.3, 0.4) is 0 Å². The molecule has 0 heterocycles. The van der Waals surface area contributed by atoms with Crippen LogP contribution in [0.4, 0.5) is 0 Å². The van der Waals surface area contributed by atoms with Gasteiger partial charge in [-0.05, 0) is 36.8 Å². The van der Waals surface area contributed by atoms with Crippen molar-refractivity contribution in [2.45, 2.75) is 64.5 Å². The maximum absolute atomic E-state index is 12.4. The summed E-state index contributed by atoms with van der Waals surface area (Å²) in [5, 5.41) is 3.05. The van der Waals surface area contributed by atoms with Crippen molar-refractivity contribution in [3.63, 3.8) is 0 Å². The monoisotopic (exact) mass is 288 g/mol. The van der Waals surface area contributed by atoms with Crippen molar-refractivity contribution in [2.24, 2.45) is 11.7 Å². The zero-order chi connectivity index (χ0) is 15.5. The van der Waals surface area contributed by atoms with E-state index in [0.29, 0.717) is 12.5 Å². The number of amides is 1. The third kappa shape index (κ3) is 4.07. The van der Waals surface area contributed by atoms with Gasteiger partial charge in [0.05, 0.1) is 5.92 Å². The van der Waals surface area contributed by atoms with Crippen LogP contribution in [-0.2, 0) is 11.3 Å². The summed E-state index contributed by atoms with van der Waals surface area (Å²) in [7, 11) is 0. The van der Waals surface area contributed by atoms with Crippen molar-refractivity contribution >= 4 is 5.91 Å². The van der Waals surface area contributed by atoms with Crippen molar-refractivity contribution in [2.75, 3.05) is 0 Å².